The summed E-state index contributed by atoms with van der Waals surface area (Å²) in [6.45, 7) is 5.09. The Balaban J connectivity index is 1.58. The number of carbonyl (C=O) groups excluding carboxylic acids is 1. The summed E-state index contributed by atoms with van der Waals surface area (Å²) < 4.78 is 5.35. The van der Waals surface area contributed by atoms with Gasteiger partial charge in [0.2, 0.25) is 0 Å². The molecule has 0 unspecified atom stereocenters. The molecule has 0 radical (unpaired) electrons. The molecule has 6 nitrogen and oxygen atoms in total. The van der Waals surface area contributed by atoms with E-state index in [9.17, 15) is 4.79 Å². The molecule has 0 spiro atoms. The summed E-state index contributed by atoms with van der Waals surface area (Å²) in [6, 6.07) is 5.91. The first kappa shape index (κ1) is 13.4. The van der Waals surface area contributed by atoms with Crippen LogP contribution in [0.5, 0.6) is 5.75 Å². The lowest BCUT2D eigenvalue weighted by atomic mass is 10.1. The summed E-state index contributed by atoms with van der Waals surface area (Å²) in [5, 5.41) is 5.08. The average Bonchev–Trinajstić information content (AvgIpc) is 2.46. The number of likely N-dealkylation sites (N-methyl/N-ethyl adjacent to an activating group) is 1. The molecule has 2 N–H and O–H groups in total. The Bertz CT molecular complexity index is 498. The van der Waals surface area contributed by atoms with Crippen molar-refractivity contribution in [3.63, 3.8) is 0 Å². The zero-order chi connectivity index (χ0) is 13.9. The second kappa shape index (κ2) is 5.78. The van der Waals surface area contributed by atoms with Crippen molar-refractivity contribution in [2.24, 2.45) is 0 Å². The fourth-order valence-corrected chi connectivity index (χ4v) is 2.41. The first-order chi connectivity index (χ1) is 9.70. The predicted molar refractivity (Wildman–Crippen MR) is 76.5 cm³/mol. The van der Waals surface area contributed by atoms with E-state index in [4.69, 9.17) is 4.74 Å². The maximum absolute atomic E-state index is 11.3. The van der Waals surface area contributed by atoms with Crippen molar-refractivity contribution in [3.8, 4) is 5.75 Å². The third kappa shape index (κ3) is 3.09. The topological polar surface area (TPSA) is 56.8 Å². The summed E-state index contributed by atoms with van der Waals surface area (Å²) >= 11 is 0. The van der Waals surface area contributed by atoms with Gasteiger partial charge in [-0.3, -0.25) is 10.2 Å². The minimum atomic E-state index is -0.0957. The number of piperazine rings is 1. The van der Waals surface area contributed by atoms with Crippen molar-refractivity contribution < 1.29 is 9.53 Å². The van der Waals surface area contributed by atoms with E-state index in [1.165, 1.54) is 0 Å². The van der Waals surface area contributed by atoms with Crippen molar-refractivity contribution in [1.29, 1.82) is 0 Å². The molecule has 2 heterocycles. The number of amides is 1. The molecule has 0 bridgehead atoms. The lowest BCUT2D eigenvalue weighted by Gasteiger charge is -2.32. The van der Waals surface area contributed by atoms with Crippen LogP contribution in [0.2, 0.25) is 0 Å². The summed E-state index contributed by atoms with van der Waals surface area (Å²) in [4.78, 5) is 13.6. The van der Waals surface area contributed by atoms with Crippen LogP contribution < -0.4 is 15.5 Å². The smallest absolute Gasteiger partial charge is 0.262 e. The maximum atomic E-state index is 11.3. The van der Waals surface area contributed by atoms with E-state index in [0.717, 1.165) is 49.7 Å². The number of nitrogens with zero attached hydrogens (tertiary/aromatic N) is 2. The van der Waals surface area contributed by atoms with Crippen LogP contribution in [0, 0.1) is 0 Å². The van der Waals surface area contributed by atoms with Crippen LogP contribution in [-0.4, -0.2) is 55.6 Å². The molecule has 2 aliphatic heterocycles. The number of benzene rings is 1. The molecule has 1 amide bonds. The summed E-state index contributed by atoms with van der Waals surface area (Å²) in [5.41, 5.74) is 5.33. The van der Waals surface area contributed by atoms with Gasteiger partial charge < -0.3 is 15.0 Å². The van der Waals surface area contributed by atoms with Gasteiger partial charge in [0.15, 0.2) is 6.61 Å². The minimum Gasteiger partial charge on any atom is -0.482 e. The largest absolute Gasteiger partial charge is 0.482 e. The van der Waals surface area contributed by atoms with Crippen molar-refractivity contribution in [2.75, 3.05) is 45.2 Å². The van der Waals surface area contributed by atoms with E-state index in [1.807, 2.05) is 18.2 Å². The Labute approximate surface area is 118 Å². The fraction of sp³-hybridized carbons (Fsp3) is 0.500. The Morgan fingerprint density at radius 2 is 2.10 bits per heavy atom. The van der Waals surface area contributed by atoms with Gasteiger partial charge in [0.25, 0.3) is 5.91 Å². The zero-order valence-corrected chi connectivity index (χ0v) is 11.7. The van der Waals surface area contributed by atoms with E-state index >= 15 is 0 Å². The maximum Gasteiger partial charge on any atom is 0.262 e. The molecule has 6 heteroatoms. The van der Waals surface area contributed by atoms with E-state index in [2.05, 4.69) is 27.7 Å². The first-order valence-electron chi connectivity index (χ1n) is 6.93. The van der Waals surface area contributed by atoms with Gasteiger partial charge in [-0.15, -0.1) is 0 Å². The normalized spacial score (nSPS) is 20.1. The van der Waals surface area contributed by atoms with Crippen LogP contribution in [0.4, 0.5) is 5.69 Å². The number of ether oxygens (including phenoxy) is 1. The molecule has 0 atom stereocenters. The summed E-state index contributed by atoms with van der Waals surface area (Å²) in [7, 11) is 2.14. The van der Waals surface area contributed by atoms with E-state index in [0.29, 0.717) is 0 Å². The Hall–Kier alpha value is -1.63. The number of fused-ring (bicyclic) bond motifs is 1. The van der Waals surface area contributed by atoms with Gasteiger partial charge in [-0.25, -0.2) is 5.01 Å². The molecule has 1 aromatic carbocycles. The third-order valence-corrected chi connectivity index (χ3v) is 3.69. The van der Waals surface area contributed by atoms with Gasteiger partial charge in [-0.2, -0.15) is 0 Å². The van der Waals surface area contributed by atoms with Gasteiger partial charge in [0, 0.05) is 32.7 Å². The first-order valence-corrected chi connectivity index (χ1v) is 6.93. The summed E-state index contributed by atoms with van der Waals surface area (Å²) in [6.07, 6.45) is 0. The highest BCUT2D eigenvalue weighted by molar-refractivity contribution is 5.95. The Morgan fingerprint density at radius 3 is 2.90 bits per heavy atom. The van der Waals surface area contributed by atoms with Crippen LogP contribution in [-0.2, 0) is 11.3 Å². The van der Waals surface area contributed by atoms with Gasteiger partial charge in [0.05, 0.1) is 5.69 Å². The molecule has 1 aromatic rings. The SMILES string of the molecule is CN1CCN(NCc2ccc3c(c2)NC(=O)CO3)CC1. The molecule has 1 fully saturated rings. The van der Waals surface area contributed by atoms with Gasteiger partial charge >= 0.3 is 0 Å². The number of hydrogen-bond donors (Lipinski definition) is 2. The van der Waals surface area contributed by atoms with E-state index in [1.54, 1.807) is 0 Å². The molecule has 108 valence electrons. The van der Waals surface area contributed by atoms with Crippen LogP contribution in [0.15, 0.2) is 18.2 Å². The molecule has 0 aliphatic carbocycles. The monoisotopic (exact) mass is 276 g/mol. The average molecular weight is 276 g/mol. The van der Waals surface area contributed by atoms with Crippen molar-refractivity contribution in [2.45, 2.75) is 6.54 Å². The molecule has 0 aromatic heterocycles. The molecule has 2 aliphatic rings. The lowest BCUT2D eigenvalue weighted by molar-refractivity contribution is -0.118. The standard InChI is InChI=1S/C14H20N4O2/c1-17-4-6-18(7-5-17)15-9-11-2-3-13-12(8-11)16-14(19)10-20-13/h2-3,8,15H,4-7,9-10H2,1H3,(H,16,19). The highest BCUT2D eigenvalue weighted by Crippen LogP contribution is 2.28. The number of hydrogen-bond acceptors (Lipinski definition) is 5. The van der Waals surface area contributed by atoms with E-state index < -0.39 is 0 Å². The van der Waals surface area contributed by atoms with Gasteiger partial charge in [0.1, 0.15) is 5.75 Å². The Kier molecular flexibility index (Phi) is 3.86. The summed E-state index contributed by atoms with van der Waals surface area (Å²) in [5.74, 6) is 0.648. The molecular weight excluding hydrogens is 256 g/mol. The highest BCUT2D eigenvalue weighted by atomic mass is 16.5. The Morgan fingerprint density at radius 1 is 1.30 bits per heavy atom. The molecule has 20 heavy (non-hydrogen) atoms. The lowest BCUT2D eigenvalue weighted by Crippen LogP contribution is -2.50. The molecule has 1 saturated heterocycles. The van der Waals surface area contributed by atoms with Crippen molar-refractivity contribution in [1.82, 2.24) is 15.3 Å². The van der Waals surface area contributed by atoms with Crippen molar-refractivity contribution >= 4 is 11.6 Å². The number of rotatable bonds is 3. The van der Waals surface area contributed by atoms with Crippen LogP contribution in [0.1, 0.15) is 5.56 Å². The molecule has 0 saturated carbocycles. The molecule has 3 rings (SSSR count). The number of hydrazine groups is 1. The van der Waals surface area contributed by atoms with Crippen LogP contribution >= 0.6 is 0 Å². The number of carbonyl (C=O) groups is 1. The fourth-order valence-electron chi connectivity index (χ4n) is 2.41. The van der Waals surface area contributed by atoms with E-state index in [-0.39, 0.29) is 12.5 Å². The van der Waals surface area contributed by atoms with Crippen molar-refractivity contribution in [3.05, 3.63) is 23.8 Å². The van der Waals surface area contributed by atoms with Crippen LogP contribution in [0.3, 0.4) is 0 Å². The van der Waals surface area contributed by atoms with Gasteiger partial charge in [-0.05, 0) is 24.7 Å². The van der Waals surface area contributed by atoms with Gasteiger partial charge in [-0.1, -0.05) is 6.07 Å². The molecular formula is C14H20N4O2. The zero-order valence-electron chi connectivity index (χ0n) is 11.7. The number of nitrogens with one attached hydrogen (secondary N) is 2. The third-order valence-electron chi connectivity index (χ3n) is 3.69. The minimum absolute atomic E-state index is 0.0957. The second-order valence-corrected chi connectivity index (χ2v) is 5.29. The predicted octanol–water partition coefficient (Wildman–Crippen LogP) is 0.270. The highest BCUT2D eigenvalue weighted by Gasteiger charge is 2.16. The second-order valence-electron chi connectivity index (χ2n) is 5.29. The number of anilines is 1. The van der Waals surface area contributed by atoms with Crippen LogP contribution in [0.25, 0.3) is 0 Å². The quantitative estimate of drug-likeness (QED) is 0.830.